The van der Waals surface area contributed by atoms with Gasteiger partial charge in [0.25, 0.3) is 11.8 Å². The average molecular weight is 448 g/mol. The summed E-state index contributed by atoms with van der Waals surface area (Å²) in [5, 5.41) is 7.54. The lowest BCUT2D eigenvalue weighted by atomic mass is 10.2. The molecule has 0 aliphatic carbocycles. The molecule has 0 radical (unpaired) electrons. The summed E-state index contributed by atoms with van der Waals surface area (Å²) in [4.78, 5) is 25.1. The third kappa shape index (κ3) is 4.01. The molecule has 0 saturated carbocycles. The number of nitrogens with one attached hydrogen (secondary N) is 2. The Morgan fingerprint density at radius 2 is 1.54 bits per heavy atom. The molecule has 120 valence electrons. The van der Waals surface area contributed by atoms with Crippen LogP contribution in [0.3, 0.4) is 0 Å². The first-order valence-corrected chi connectivity index (χ1v) is 9.10. The highest BCUT2D eigenvalue weighted by Gasteiger charge is 2.11. The Bertz CT molecular complexity index is 878. The highest BCUT2D eigenvalue weighted by Crippen LogP contribution is 2.19. The van der Waals surface area contributed by atoms with Gasteiger partial charge >= 0.3 is 0 Å². The van der Waals surface area contributed by atoms with Crippen LogP contribution in [0.1, 0.15) is 20.0 Å². The summed E-state index contributed by atoms with van der Waals surface area (Å²) in [5.41, 5.74) is 1.88. The molecule has 0 atom stereocenters. The van der Waals surface area contributed by atoms with Crippen LogP contribution in [-0.4, -0.2) is 11.8 Å². The van der Waals surface area contributed by atoms with Crippen LogP contribution in [0.5, 0.6) is 0 Å². The molecule has 0 saturated heterocycles. The number of halogens is 1. The fourth-order valence-electron chi connectivity index (χ4n) is 2.12. The van der Waals surface area contributed by atoms with Gasteiger partial charge in [-0.25, -0.2) is 0 Å². The third-order valence-electron chi connectivity index (χ3n) is 3.24. The van der Waals surface area contributed by atoms with Crippen molar-refractivity contribution in [1.82, 2.24) is 0 Å². The van der Waals surface area contributed by atoms with Crippen molar-refractivity contribution in [3.63, 3.8) is 0 Å². The Balaban J connectivity index is 1.72. The molecule has 3 rings (SSSR count). The Kier molecular flexibility index (Phi) is 5.27. The lowest BCUT2D eigenvalue weighted by Crippen LogP contribution is -2.14. The fourth-order valence-corrected chi connectivity index (χ4v) is 3.37. The van der Waals surface area contributed by atoms with Crippen molar-refractivity contribution < 1.29 is 9.59 Å². The van der Waals surface area contributed by atoms with Gasteiger partial charge in [-0.15, -0.1) is 11.3 Å². The number of anilines is 2. The molecule has 2 aromatic carbocycles. The number of carbonyl (C=O) groups excluding carboxylic acids is 2. The molecule has 4 nitrogen and oxygen atoms in total. The molecule has 0 fully saturated rings. The minimum Gasteiger partial charge on any atom is -0.322 e. The van der Waals surface area contributed by atoms with Crippen LogP contribution >= 0.6 is 33.9 Å². The standard InChI is InChI=1S/C18H13IN2O2S/c19-15-8-2-1-7-14(15)17(22)20-12-5-3-6-13(11-12)21-18(23)16-9-4-10-24-16/h1-11H,(H,20,22)(H,21,23). The second-order valence-electron chi connectivity index (χ2n) is 4.95. The first-order chi connectivity index (χ1) is 11.6. The molecule has 1 aromatic heterocycles. The van der Waals surface area contributed by atoms with Gasteiger partial charge in [-0.2, -0.15) is 0 Å². The molecule has 24 heavy (non-hydrogen) atoms. The van der Waals surface area contributed by atoms with E-state index in [1.54, 1.807) is 36.4 Å². The quantitative estimate of drug-likeness (QED) is 0.561. The van der Waals surface area contributed by atoms with E-state index in [-0.39, 0.29) is 11.8 Å². The first-order valence-electron chi connectivity index (χ1n) is 7.14. The summed E-state index contributed by atoms with van der Waals surface area (Å²) in [6.45, 7) is 0. The predicted molar refractivity (Wildman–Crippen MR) is 106 cm³/mol. The van der Waals surface area contributed by atoms with Gasteiger partial charge in [0.2, 0.25) is 0 Å². The Morgan fingerprint density at radius 1 is 0.833 bits per heavy atom. The second-order valence-corrected chi connectivity index (χ2v) is 7.06. The van der Waals surface area contributed by atoms with Crippen molar-refractivity contribution in [3.8, 4) is 0 Å². The van der Waals surface area contributed by atoms with Gasteiger partial charge in [0.15, 0.2) is 0 Å². The molecule has 0 aliphatic heterocycles. The van der Waals surface area contributed by atoms with Gasteiger partial charge < -0.3 is 10.6 Å². The van der Waals surface area contributed by atoms with E-state index in [0.29, 0.717) is 21.8 Å². The number of hydrogen-bond acceptors (Lipinski definition) is 3. The largest absolute Gasteiger partial charge is 0.322 e. The number of thiophene rings is 1. The van der Waals surface area contributed by atoms with Crippen LogP contribution in [0.15, 0.2) is 66.0 Å². The normalized spacial score (nSPS) is 10.2. The minimum atomic E-state index is -0.179. The summed E-state index contributed by atoms with van der Waals surface area (Å²) in [6.07, 6.45) is 0. The van der Waals surface area contributed by atoms with Crippen LogP contribution in [0, 0.1) is 3.57 Å². The van der Waals surface area contributed by atoms with E-state index in [2.05, 4.69) is 33.2 Å². The molecule has 0 spiro atoms. The van der Waals surface area contributed by atoms with Crippen LogP contribution in [0.25, 0.3) is 0 Å². The van der Waals surface area contributed by atoms with Gasteiger partial charge in [0.05, 0.1) is 10.4 Å². The van der Waals surface area contributed by atoms with Crippen LogP contribution in [0.2, 0.25) is 0 Å². The topological polar surface area (TPSA) is 58.2 Å². The summed E-state index contributed by atoms with van der Waals surface area (Å²) in [7, 11) is 0. The number of amides is 2. The SMILES string of the molecule is O=C(Nc1cccc(NC(=O)c2ccccc2I)c1)c1cccs1. The van der Waals surface area contributed by atoms with Crippen LogP contribution in [0.4, 0.5) is 11.4 Å². The smallest absolute Gasteiger partial charge is 0.265 e. The zero-order valence-corrected chi connectivity index (χ0v) is 15.4. The molecule has 2 N–H and O–H groups in total. The summed E-state index contributed by atoms with van der Waals surface area (Å²) in [5.74, 6) is -0.340. The van der Waals surface area contributed by atoms with E-state index < -0.39 is 0 Å². The van der Waals surface area contributed by atoms with E-state index >= 15 is 0 Å². The molecule has 0 unspecified atom stereocenters. The first kappa shape index (κ1) is 16.7. The highest BCUT2D eigenvalue weighted by molar-refractivity contribution is 14.1. The molecule has 2 amide bonds. The summed E-state index contributed by atoms with van der Waals surface area (Å²) < 4.78 is 0.884. The Hall–Kier alpha value is -2.19. The van der Waals surface area contributed by atoms with Gasteiger partial charge in [-0.1, -0.05) is 24.3 Å². The highest BCUT2D eigenvalue weighted by atomic mass is 127. The van der Waals surface area contributed by atoms with Crippen LogP contribution in [-0.2, 0) is 0 Å². The van der Waals surface area contributed by atoms with E-state index in [9.17, 15) is 9.59 Å². The molecule has 0 bridgehead atoms. The zero-order valence-electron chi connectivity index (χ0n) is 12.5. The van der Waals surface area contributed by atoms with Crippen molar-refractivity contribution in [1.29, 1.82) is 0 Å². The Morgan fingerprint density at radius 3 is 2.21 bits per heavy atom. The van der Waals surface area contributed by atoms with Gasteiger partial charge in [-0.3, -0.25) is 9.59 Å². The average Bonchev–Trinajstić information content (AvgIpc) is 3.10. The van der Waals surface area contributed by atoms with Crippen molar-refractivity contribution in [2.24, 2.45) is 0 Å². The molecule has 1 heterocycles. The molecular formula is C18H13IN2O2S. The van der Waals surface area contributed by atoms with Gasteiger partial charge in [-0.05, 0) is 64.4 Å². The van der Waals surface area contributed by atoms with Crippen molar-refractivity contribution in [2.75, 3.05) is 10.6 Å². The predicted octanol–water partition coefficient (Wildman–Crippen LogP) is 4.86. The summed E-state index contributed by atoms with van der Waals surface area (Å²) in [6, 6.07) is 18.1. The monoisotopic (exact) mass is 448 g/mol. The molecule has 6 heteroatoms. The lowest BCUT2D eigenvalue weighted by molar-refractivity contribution is 0.102. The number of rotatable bonds is 4. The van der Waals surface area contributed by atoms with E-state index in [4.69, 9.17) is 0 Å². The van der Waals surface area contributed by atoms with Gasteiger partial charge in [0, 0.05) is 14.9 Å². The lowest BCUT2D eigenvalue weighted by Gasteiger charge is -2.09. The minimum absolute atomic E-state index is 0.161. The second kappa shape index (κ2) is 7.59. The fraction of sp³-hybridized carbons (Fsp3) is 0. The van der Waals surface area contributed by atoms with Gasteiger partial charge in [0.1, 0.15) is 0 Å². The third-order valence-corrected chi connectivity index (χ3v) is 5.05. The van der Waals surface area contributed by atoms with E-state index in [0.717, 1.165) is 3.57 Å². The van der Waals surface area contributed by atoms with Crippen LogP contribution < -0.4 is 10.6 Å². The number of hydrogen-bond donors (Lipinski definition) is 2. The maximum Gasteiger partial charge on any atom is 0.265 e. The van der Waals surface area contributed by atoms with E-state index in [1.807, 2.05) is 29.6 Å². The number of benzene rings is 2. The number of carbonyl (C=O) groups is 2. The van der Waals surface area contributed by atoms with E-state index in [1.165, 1.54) is 11.3 Å². The van der Waals surface area contributed by atoms with Crippen molar-refractivity contribution in [3.05, 3.63) is 80.1 Å². The molecule has 0 aliphatic rings. The van der Waals surface area contributed by atoms with Crippen molar-refractivity contribution >= 4 is 57.1 Å². The van der Waals surface area contributed by atoms with Crippen molar-refractivity contribution in [2.45, 2.75) is 0 Å². The zero-order chi connectivity index (χ0) is 16.9. The molecular weight excluding hydrogens is 435 g/mol. The maximum absolute atomic E-state index is 12.4. The summed E-state index contributed by atoms with van der Waals surface area (Å²) >= 11 is 3.51. The Labute approximate surface area is 157 Å². The maximum atomic E-state index is 12.4. The molecule has 3 aromatic rings.